The number of imidazole rings is 1. The van der Waals surface area contributed by atoms with E-state index in [1.165, 1.54) is 0 Å². The lowest BCUT2D eigenvalue weighted by atomic mass is 9.96. The smallest absolute Gasteiger partial charge is 0.356 e. The minimum Gasteiger partial charge on any atom is -0.481 e. The van der Waals surface area contributed by atoms with E-state index in [4.69, 9.17) is 0 Å². The molecule has 0 saturated heterocycles. The standard InChI is InChI=1S/C14H18N2O4/c17-13(18)9-5-6-10-11(14(19)20)15-12(16(10)7-9)8-3-1-2-4-8/h8-9H,1-7H2,(H,17,18)(H,19,20). The number of fused-ring (bicyclic) bond motifs is 1. The fourth-order valence-electron chi connectivity index (χ4n) is 3.45. The number of aromatic nitrogens is 2. The van der Waals surface area contributed by atoms with Gasteiger partial charge in [-0.1, -0.05) is 12.8 Å². The Kier molecular flexibility index (Phi) is 3.23. The molecule has 2 aliphatic rings. The number of carboxylic acids is 2. The lowest BCUT2D eigenvalue weighted by Crippen LogP contribution is -2.28. The quantitative estimate of drug-likeness (QED) is 0.880. The molecule has 1 saturated carbocycles. The van der Waals surface area contributed by atoms with Crippen LogP contribution in [-0.2, 0) is 17.8 Å². The predicted octanol–water partition coefficient (Wildman–Crippen LogP) is 1.89. The molecule has 3 rings (SSSR count). The third kappa shape index (κ3) is 2.09. The number of hydrogen-bond acceptors (Lipinski definition) is 3. The second-order valence-electron chi connectivity index (χ2n) is 5.74. The highest BCUT2D eigenvalue weighted by molar-refractivity contribution is 5.87. The minimum atomic E-state index is -1.01. The number of hydrogen-bond donors (Lipinski definition) is 2. The van der Waals surface area contributed by atoms with Crippen LogP contribution in [0.25, 0.3) is 0 Å². The van der Waals surface area contributed by atoms with Gasteiger partial charge in [0.1, 0.15) is 5.82 Å². The molecular formula is C14H18N2O4. The monoisotopic (exact) mass is 278 g/mol. The number of aliphatic carboxylic acids is 1. The first-order valence-corrected chi connectivity index (χ1v) is 7.13. The molecule has 1 aliphatic heterocycles. The SMILES string of the molecule is O=C(O)c1nc(C2CCCC2)n2c1CCC(C(=O)O)C2. The van der Waals surface area contributed by atoms with Gasteiger partial charge < -0.3 is 14.8 Å². The number of rotatable bonds is 3. The highest BCUT2D eigenvalue weighted by atomic mass is 16.4. The Balaban J connectivity index is 2.02. The molecule has 1 aromatic heterocycles. The normalized spacial score (nSPS) is 22.7. The van der Waals surface area contributed by atoms with Crippen LogP contribution in [0.3, 0.4) is 0 Å². The molecular weight excluding hydrogens is 260 g/mol. The zero-order chi connectivity index (χ0) is 14.3. The van der Waals surface area contributed by atoms with Crippen molar-refractivity contribution in [2.75, 3.05) is 0 Å². The van der Waals surface area contributed by atoms with Crippen molar-refractivity contribution < 1.29 is 19.8 Å². The van der Waals surface area contributed by atoms with Crippen molar-refractivity contribution in [2.45, 2.75) is 51.0 Å². The summed E-state index contributed by atoms with van der Waals surface area (Å²) in [6.45, 7) is 0.358. The molecule has 108 valence electrons. The molecule has 20 heavy (non-hydrogen) atoms. The Hall–Kier alpha value is -1.85. The van der Waals surface area contributed by atoms with Crippen LogP contribution < -0.4 is 0 Å². The van der Waals surface area contributed by atoms with E-state index in [0.29, 0.717) is 25.1 Å². The van der Waals surface area contributed by atoms with Crippen molar-refractivity contribution in [1.82, 2.24) is 9.55 Å². The van der Waals surface area contributed by atoms with Gasteiger partial charge in [-0.15, -0.1) is 0 Å². The van der Waals surface area contributed by atoms with E-state index < -0.39 is 17.9 Å². The molecule has 6 nitrogen and oxygen atoms in total. The first kappa shape index (κ1) is 13.1. The summed E-state index contributed by atoms with van der Waals surface area (Å²) < 4.78 is 1.88. The van der Waals surface area contributed by atoms with Gasteiger partial charge in [0.2, 0.25) is 0 Å². The maximum atomic E-state index is 11.3. The Morgan fingerprint density at radius 3 is 2.45 bits per heavy atom. The van der Waals surface area contributed by atoms with E-state index in [0.717, 1.165) is 31.5 Å². The van der Waals surface area contributed by atoms with Crippen molar-refractivity contribution in [2.24, 2.45) is 5.92 Å². The first-order chi connectivity index (χ1) is 9.58. The second-order valence-corrected chi connectivity index (χ2v) is 5.74. The summed E-state index contributed by atoms with van der Waals surface area (Å²) in [6.07, 6.45) is 5.29. The summed E-state index contributed by atoms with van der Waals surface area (Å²) in [5.41, 5.74) is 0.827. The largest absolute Gasteiger partial charge is 0.481 e. The molecule has 1 aliphatic carbocycles. The van der Waals surface area contributed by atoms with Crippen molar-refractivity contribution in [3.8, 4) is 0 Å². The fourth-order valence-corrected chi connectivity index (χ4v) is 3.45. The summed E-state index contributed by atoms with van der Waals surface area (Å²) in [4.78, 5) is 26.8. The Morgan fingerprint density at radius 2 is 1.85 bits per heavy atom. The van der Waals surface area contributed by atoms with Gasteiger partial charge >= 0.3 is 11.9 Å². The van der Waals surface area contributed by atoms with Gasteiger partial charge in [-0.25, -0.2) is 9.78 Å². The molecule has 1 fully saturated rings. The highest BCUT2D eigenvalue weighted by Crippen LogP contribution is 2.36. The summed E-state index contributed by atoms with van der Waals surface area (Å²) in [5, 5.41) is 18.5. The number of carbonyl (C=O) groups is 2. The zero-order valence-corrected chi connectivity index (χ0v) is 11.2. The Labute approximate surface area is 116 Å². The molecule has 2 heterocycles. The van der Waals surface area contributed by atoms with Crippen LogP contribution in [0.15, 0.2) is 0 Å². The topological polar surface area (TPSA) is 92.4 Å². The highest BCUT2D eigenvalue weighted by Gasteiger charge is 2.33. The van der Waals surface area contributed by atoms with Crippen molar-refractivity contribution in [1.29, 1.82) is 0 Å². The van der Waals surface area contributed by atoms with Crippen LogP contribution in [0.5, 0.6) is 0 Å². The molecule has 0 spiro atoms. The van der Waals surface area contributed by atoms with Gasteiger partial charge in [0, 0.05) is 12.5 Å². The molecule has 0 aromatic carbocycles. The first-order valence-electron chi connectivity index (χ1n) is 7.13. The summed E-state index contributed by atoms with van der Waals surface area (Å²) in [5.74, 6) is -1.17. The Morgan fingerprint density at radius 1 is 1.15 bits per heavy atom. The maximum Gasteiger partial charge on any atom is 0.356 e. The predicted molar refractivity (Wildman–Crippen MR) is 69.8 cm³/mol. The molecule has 0 radical (unpaired) electrons. The van der Waals surface area contributed by atoms with E-state index >= 15 is 0 Å². The van der Waals surface area contributed by atoms with Crippen LogP contribution in [0.1, 0.15) is 60.0 Å². The van der Waals surface area contributed by atoms with Crippen LogP contribution in [0.2, 0.25) is 0 Å². The minimum absolute atomic E-state index is 0.121. The third-order valence-electron chi connectivity index (χ3n) is 4.51. The molecule has 0 amide bonds. The van der Waals surface area contributed by atoms with Gasteiger partial charge in [0.05, 0.1) is 11.6 Å². The van der Waals surface area contributed by atoms with Crippen LogP contribution in [0, 0.1) is 5.92 Å². The average Bonchev–Trinajstić information content (AvgIpc) is 3.04. The molecule has 2 N–H and O–H groups in total. The van der Waals surface area contributed by atoms with Gasteiger partial charge in [0.15, 0.2) is 5.69 Å². The van der Waals surface area contributed by atoms with Gasteiger partial charge in [0.25, 0.3) is 0 Å². The van der Waals surface area contributed by atoms with Gasteiger partial charge in [-0.2, -0.15) is 0 Å². The van der Waals surface area contributed by atoms with Crippen molar-refractivity contribution in [3.63, 3.8) is 0 Å². The van der Waals surface area contributed by atoms with E-state index in [1.807, 2.05) is 4.57 Å². The second kappa shape index (κ2) is 4.92. The average molecular weight is 278 g/mol. The van der Waals surface area contributed by atoms with E-state index in [-0.39, 0.29) is 11.6 Å². The number of carboxylic acid groups (broad SMARTS) is 2. The van der Waals surface area contributed by atoms with Crippen molar-refractivity contribution >= 4 is 11.9 Å². The third-order valence-corrected chi connectivity index (χ3v) is 4.51. The van der Waals surface area contributed by atoms with Gasteiger partial charge in [-0.05, 0) is 25.7 Å². The lowest BCUT2D eigenvalue weighted by Gasteiger charge is -2.24. The van der Waals surface area contributed by atoms with Crippen LogP contribution in [-0.4, -0.2) is 31.7 Å². The Bertz CT molecular complexity index is 558. The maximum absolute atomic E-state index is 11.3. The number of nitrogens with zero attached hydrogens (tertiary/aromatic N) is 2. The molecule has 1 unspecified atom stereocenters. The van der Waals surface area contributed by atoms with Crippen LogP contribution >= 0.6 is 0 Å². The zero-order valence-electron chi connectivity index (χ0n) is 11.2. The van der Waals surface area contributed by atoms with E-state index in [9.17, 15) is 19.8 Å². The van der Waals surface area contributed by atoms with E-state index in [2.05, 4.69) is 4.98 Å². The molecule has 1 aromatic rings. The summed E-state index contributed by atoms with van der Waals surface area (Å²) in [7, 11) is 0. The fraction of sp³-hybridized carbons (Fsp3) is 0.643. The van der Waals surface area contributed by atoms with Crippen molar-refractivity contribution in [3.05, 3.63) is 17.2 Å². The number of aromatic carboxylic acids is 1. The van der Waals surface area contributed by atoms with E-state index in [1.54, 1.807) is 0 Å². The molecule has 1 atom stereocenters. The summed E-state index contributed by atoms with van der Waals surface area (Å²) in [6, 6.07) is 0. The molecule has 0 bridgehead atoms. The van der Waals surface area contributed by atoms with Gasteiger partial charge in [-0.3, -0.25) is 4.79 Å². The molecule has 6 heteroatoms. The van der Waals surface area contributed by atoms with Crippen LogP contribution in [0.4, 0.5) is 0 Å². The summed E-state index contributed by atoms with van der Waals surface area (Å²) >= 11 is 0. The lowest BCUT2D eigenvalue weighted by molar-refractivity contribution is -0.142.